The number of rotatable bonds is 6. The van der Waals surface area contributed by atoms with E-state index in [1.807, 2.05) is 42.5 Å². The number of ketones is 1. The maximum atomic E-state index is 11.0. The number of benzene rings is 2. The van der Waals surface area contributed by atoms with Gasteiger partial charge in [0.25, 0.3) is 0 Å². The summed E-state index contributed by atoms with van der Waals surface area (Å²) in [5.41, 5.74) is 12.2. The van der Waals surface area contributed by atoms with Crippen molar-refractivity contribution < 1.29 is 4.79 Å². The van der Waals surface area contributed by atoms with E-state index >= 15 is 0 Å². The van der Waals surface area contributed by atoms with Crippen LogP contribution in [0.15, 0.2) is 73.6 Å². The number of nitrogens with two attached hydrogens (primary N) is 1. The zero-order valence-electron chi connectivity index (χ0n) is 16.4. The lowest BCUT2D eigenvalue weighted by Crippen LogP contribution is -1.98. The minimum absolute atomic E-state index is 0.222. The average molecular weight is 387 g/mol. The Balaban J connectivity index is 0.000000169. The summed E-state index contributed by atoms with van der Waals surface area (Å²) < 4.78 is 0. The fraction of sp³-hybridized carbons (Fsp3) is 0.174. The van der Waals surface area contributed by atoms with Crippen LogP contribution < -0.4 is 5.73 Å². The van der Waals surface area contributed by atoms with Gasteiger partial charge in [0.05, 0.1) is 36.4 Å². The molecular weight excluding hydrogens is 362 g/mol. The second-order valence-corrected chi connectivity index (χ2v) is 6.65. The number of carbonyl (C=O) groups is 1. The van der Waals surface area contributed by atoms with E-state index in [-0.39, 0.29) is 5.78 Å². The van der Waals surface area contributed by atoms with Crippen LogP contribution in [0, 0.1) is 0 Å². The molecule has 0 aliphatic heterocycles. The maximum absolute atomic E-state index is 11.0. The van der Waals surface area contributed by atoms with Crippen LogP contribution in [0.3, 0.4) is 0 Å². The minimum atomic E-state index is 0.222. The predicted molar refractivity (Wildman–Crippen MR) is 115 cm³/mol. The first kappa shape index (κ1) is 20.2. The monoisotopic (exact) mass is 387 g/mol. The normalized spacial score (nSPS) is 10.3. The predicted octanol–water partition coefficient (Wildman–Crippen LogP) is 4.13. The highest BCUT2D eigenvalue weighted by Gasteiger charge is 2.06. The van der Waals surface area contributed by atoms with Crippen LogP contribution in [0.25, 0.3) is 22.5 Å². The molecule has 0 amide bonds. The third kappa shape index (κ3) is 5.49. The number of hydrogen-bond donors (Lipinski definition) is 3. The Morgan fingerprint density at radius 2 is 1.38 bits per heavy atom. The number of aromatic nitrogens is 4. The van der Waals surface area contributed by atoms with Crippen LogP contribution in [-0.2, 0) is 17.8 Å². The lowest BCUT2D eigenvalue weighted by Gasteiger charge is -2.06. The first-order valence-electron chi connectivity index (χ1n) is 9.52. The summed E-state index contributed by atoms with van der Waals surface area (Å²) >= 11 is 0. The summed E-state index contributed by atoms with van der Waals surface area (Å²) in [7, 11) is 0. The Bertz CT molecular complexity index is 1020. The standard InChI is InChI=1S/C13H14N2O.C10H11N3/c1-10(16)6-7-11-4-2-3-5-12(11)13-8-14-9-15-13;11-5-8-3-1-2-4-9(8)10-6-12-7-13-10/h2-5,8-9H,6-7H2,1H3,(H,14,15);1-4,6-7H,5,11H2,(H,12,13). The summed E-state index contributed by atoms with van der Waals surface area (Å²) in [5, 5.41) is 0. The Kier molecular flexibility index (Phi) is 7.08. The minimum Gasteiger partial charge on any atom is -0.345 e. The van der Waals surface area contributed by atoms with Crippen molar-refractivity contribution in [2.75, 3.05) is 0 Å². The number of nitrogens with one attached hydrogen (secondary N) is 2. The molecule has 0 aliphatic carbocycles. The molecule has 4 aromatic rings. The summed E-state index contributed by atoms with van der Waals surface area (Å²) in [4.78, 5) is 25.1. The molecule has 0 bridgehead atoms. The van der Waals surface area contributed by atoms with Crippen molar-refractivity contribution in [3.63, 3.8) is 0 Å². The maximum Gasteiger partial charge on any atom is 0.130 e. The van der Waals surface area contributed by atoms with E-state index in [4.69, 9.17) is 5.73 Å². The van der Waals surface area contributed by atoms with Crippen LogP contribution in [-0.4, -0.2) is 25.7 Å². The molecule has 0 atom stereocenters. The van der Waals surface area contributed by atoms with E-state index in [1.54, 1.807) is 32.0 Å². The smallest absolute Gasteiger partial charge is 0.130 e. The second-order valence-electron chi connectivity index (χ2n) is 6.65. The van der Waals surface area contributed by atoms with Crippen molar-refractivity contribution >= 4 is 5.78 Å². The van der Waals surface area contributed by atoms with Gasteiger partial charge in [0, 0.05) is 24.1 Å². The number of nitrogens with zero attached hydrogens (tertiary/aromatic N) is 2. The number of carbonyl (C=O) groups excluding carboxylic acids is 1. The van der Waals surface area contributed by atoms with Crippen LogP contribution in [0.5, 0.6) is 0 Å². The molecule has 0 radical (unpaired) electrons. The Labute approximate surface area is 170 Å². The topological polar surface area (TPSA) is 100 Å². The molecule has 0 unspecified atom stereocenters. The molecule has 29 heavy (non-hydrogen) atoms. The molecule has 0 fully saturated rings. The van der Waals surface area contributed by atoms with E-state index in [9.17, 15) is 4.79 Å². The summed E-state index contributed by atoms with van der Waals surface area (Å²) in [6.45, 7) is 2.17. The van der Waals surface area contributed by atoms with Gasteiger partial charge in [-0.15, -0.1) is 0 Å². The van der Waals surface area contributed by atoms with Crippen molar-refractivity contribution in [2.24, 2.45) is 5.73 Å². The highest BCUT2D eigenvalue weighted by Crippen LogP contribution is 2.22. The SMILES string of the molecule is CC(=O)CCc1ccccc1-c1cnc[nH]1.NCc1ccccc1-c1cnc[nH]1. The van der Waals surface area contributed by atoms with Gasteiger partial charge in [-0.3, -0.25) is 0 Å². The van der Waals surface area contributed by atoms with Gasteiger partial charge in [-0.1, -0.05) is 48.5 Å². The molecule has 2 aromatic heterocycles. The fourth-order valence-corrected chi connectivity index (χ4v) is 3.08. The number of hydrogen-bond acceptors (Lipinski definition) is 4. The number of aryl methyl sites for hydroxylation is 1. The van der Waals surface area contributed by atoms with E-state index in [1.165, 1.54) is 5.56 Å². The van der Waals surface area contributed by atoms with Gasteiger partial charge < -0.3 is 20.5 Å². The zero-order chi connectivity index (χ0) is 20.5. The van der Waals surface area contributed by atoms with Gasteiger partial charge in [0.2, 0.25) is 0 Å². The van der Waals surface area contributed by atoms with Gasteiger partial charge >= 0.3 is 0 Å². The van der Waals surface area contributed by atoms with Gasteiger partial charge in [-0.05, 0) is 24.5 Å². The van der Waals surface area contributed by atoms with Crippen LogP contribution in [0.1, 0.15) is 24.5 Å². The van der Waals surface area contributed by atoms with E-state index < -0.39 is 0 Å². The van der Waals surface area contributed by atoms with Crippen molar-refractivity contribution in [3.8, 4) is 22.5 Å². The molecule has 148 valence electrons. The Morgan fingerprint density at radius 3 is 1.86 bits per heavy atom. The molecule has 4 N–H and O–H groups in total. The molecule has 0 aliphatic rings. The lowest BCUT2D eigenvalue weighted by atomic mass is 10.00. The number of H-pyrrole nitrogens is 2. The largest absolute Gasteiger partial charge is 0.345 e. The molecule has 2 heterocycles. The van der Waals surface area contributed by atoms with Crippen LogP contribution >= 0.6 is 0 Å². The van der Waals surface area contributed by atoms with E-state index in [2.05, 4.69) is 26.0 Å². The third-order valence-corrected chi connectivity index (χ3v) is 4.58. The summed E-state index contributed by atoms with van der Waals surface area (Å²) in [5.74, 6) is 0.222. The molecule has 0 saturated carbocycles. The highest BCUT2D eigenvalue weighted by atomic mass is 16.1. The first-order valence-corrected chi connectivity index (χ1v) is 9.52. The van der Waals surface area contributed by atoms with Crippen molar-refractivity contribution in [1.29, 1.82) is 0 Å². The van der Waals surface area contributed by atoms with E-state index in [0.717, 1.165) is 34.5 Å². The van der Waals surface area contributed by atoms with Crippen molar-refractivity contribution in [3.05, 3.63) is 84.7 Å². The average Bonchev–Trinajstić information content (AvgIpc) is 3.47. The quantitative estimate of drug-likeness (QED) is 0.463. The van der Waals surface area contributed by atoms with Crippen LogP contribution in [0.2, 0.25) is 0 Å². The lowest BCUT2D eigenvalue weighted by molar-refractivity contribution is -0.116. The first-order chi connectivity index (χ1) is 14.2. The molecule has 6 nitrogen and oxygen atoms in total. The highest BCUT2D eigenvalue weighted by molar-refractivity contribution is 5.76. The molecule has 2 aromatic carbocycles. The van der Waals surface area contributed by atoms with Crippen molar-refractivity contribution in [2.45, 2.75) is 26.3 Å². The molecule has 4 rings (SSSR count). The zero-order valence-corrected chi connectivity index (χ0v) is 16.4. The molecule has 6 heteroatoms. The van der Waals surface area contributed by atoms with Gasteiger partial charge in [0.1, 0.15) is 5.78 Å². The third-order valence-electron chi connectivity index (χ3n) is 4.58. The summed E-state index contributed by atoms with van der Waals surface area (Å²) in [6, 6.07) is 16.1. The molecular formula is C23H25N5O. The summed E-state index contributed by atoms with van der Waals surface area (Å²) in [6.07, 6.45) is 8.30. The molecule has 0 spiro atoms. The van der Waals surface area contributed by atoms with Gasteiger partial charge in [0.15, 0.2) is 0 Å². The van der Waals surface area contributed by atoms with Crippen LogP contribution in [0.4, 0.5) is 0 Å². The Hall–Kier alpha value is -3.51. The van der Waals surface area contributed by atoms with Gasteiger partial charge in [-0.25, -0.2) is 9.97 Å². The number of Topliss-reactive ketones (excluding diaryl/α,β-unsaturated/α-hetero) is 1. The fourth-order valence-electron chi connectivity index (χ4n) is 3.08. The number of aromatic amines is 2. The van der Waals surface area contributed by atoms with Gasteiger partial charge in [-0.2, -0.15) is 0 Å². The second kappa shape index (κ2) is 10.1. The Morgan fingerprint density at radius 1 is 0.862 bits per heavy atom. The van der Waals surface area contributed by atoms with Crippen molar-refractivity contribution in [1.82, 2.24) is 19.9 Å². The number of imidazole rings is 2. The van der Waals surface area contributed by atoms with E-state index in [0.29, 0.717) is 13.0 Å². The molecule has 0 saturated heterocycles.